The third kappa shape index (κ3) is 2.35. The van der Waals surface area contributed by atoms with Gasteiger partial charge in [-0.3, -0.25) is 4.79 Å². The Morgan fingerprint density at radius 1 is 1.11 bits per heavy atom. The maximum atomic E-state index is 10.7. The van der Waals surface area contributed by atoms with E-state index in [9.17, 15) is 9.90 Å². The fourth-order valence-electron chi connectivity index (χ4n) is 1.92. The molecule has 3 nitrogen and oxygen atoms in total. The standard InChI is InChI=1S/C15H15NO2/c1-2-16(13-6-4-3-5-7-13)14-9-8-12(11-17)15(18)10-14/h3-11,18H,2H2,1H3. The highest BCUT2D eigenvalue weighted by molar-refractivity contribution is 5.81. The first-order chi connectivity index (χ1) is 8.76. The van der Waals surface area contributed by atoms with Gasteiger partial charge in [0.1, 0.15) is 5.75 Å². The van der Waals surface area contributed by atoms with Crippen LogP contribution in [-0.4, -0.2) is 17.9 Å². The monoisotopic (exact) mass is 241 g/mol. The third-order valence-corrected chi connectivity index (χ3v) is 2.84. The summed E-state index contributed by atoms with van der Waals surface area (Å²) in [5, 5.41) is 9.72. The van der Waals surface area contributed by atoms with Crippen molar-refractivity contribution in [2.24, 2.45) is 0 Å². The van der Waals surface area contributed by atoms with Crippen LogP contribution < -0.4 is 4.90 Å². The summed E-state index contributed by atoms with van der Waals surface area (Å²) in [5.74, 6) is 0.0110. The van der Waals surface area contributed by atoms with Crippen molar-refractivity contribution in [3.8, 4) is 5.75 Å². The van der Waals surface area contributed by atoms with Crippen molar-refractivity contribution in [2.75, 3.05) is 11.4 Å². The fraction of sp³-hybridized carbons (Fsp3) is 0.133. The summed E-state index contributed by atoms with van der Waals surface area (Å²) < 4.78 is 0. The molecule has 0 aromatic heterocycles. The molecule has 0 fully saturated rings. The molecular formula is C15H15NO2. The van der Waals surface area contributed by atoms with E-state index in [1.165, 1.54) is 0 Å². The number of rotatable bonds is 4. The molecule has 0 amide bonds. The zero-order chi connectivity index (χ0) is 13.0. The number of carbonyl (C=O) groups is 1. The van der Waals surface area contributed by atoms with E-state index in [-0.39, 0.29) is 5.75 Å². The highest BCUT2D eigenvalue weighted by Gasteiger charge is 2.09. The molecule has 2 rings (SSSR count). The summed E-state index contributed by atoms with van der Waals surface area (Å²) in [6.07, 6.45) is 0.651. The molecular weight excluding hydrogens is 226 g/mol. The second kappa shape index (κ2) is 5.36. The van der Waals surface area contributed by atoms with Crippen LogP contribution in [0.4, 0.5) is 11.4 Å². The van der Waals surface area contributed by atoms with Gasteiger partial charge in [0.2, 0.25) is 0 Å². The summed E-state index contributed by atoms with van der Waals surface area (Å²) in [6.45, 7) is 2.82. The van der Waals surface area contributed by atoms with Crippen molar-refractivity contribution in [3.63, 3.8) is 0 Å². The number of aromatic hydroxyl groups is 1. The zero-order valence-electron chi connectivity index (χ0n) is 10.2. The average Bonchev–Trinajstić information content (AvgIpc) is 2.41. The van der Waals surface area contributed by atoms with Gasteiger partial charge in [0.25, 0.3) is 0 Å². The number of anilines is 2. The smallest absolute Gasteiger partial charge is 0.153 e. The van der Waals surface area contributed by atoms with Gasteiger partial charge in [-0.15, -0.1) is 0 Å². The number of benzene rings is 2. The topological polar surface area (TPSA) is 40.5 Å². The van der Waals surface area contributed by atoms with Gasteiger partial charge >= 0.3 is 0 Å². The molecule has 2 aromatic rings. The van der Waals surface area contributed by atoms with E-state index in [0.717, 1.165) is 17.9 Å². The van der Waals surface area contributed by atoms with Gasteiger partial charge in [0.15, 0.2) is 6.29 Å². The molecule has 0 radical (unpaired) electrons. The van der Waals surface area contributed by atoms with Crippen molar-refractivity contribution in [1.29, 1.82) is 0 Å². The van der Waals surface area contributed by atoms with E-state index in [0.29, 0.717) is 11.8 Å². The molecule has 0 aliphatic rings. The molecule has 0 unspecified atom stereocenters. The first kappa shape index (κ1) is 12.2. The van der Waals surface area contributed by atoms with E-state index in [1.807, 2.05) is 43.3 Å². The quantitative estimate of drug-likeness (QED) is 0.834. The van der Waals surface area contributed by atoms with Gasteiger partial charge in [-0.1, -0.05) is 18.2 Å². The van der Waals surface area contributed by atoms with Crippen LogP contribution in [0.2, 0.25) is 0 Å². The van der Waals surface area contributed by atoms with Crippen LogP contribution >= 0.6 is 0 Å². The maximum absolute atomic E-state index is 10.7. The molecule has 0 aliphatic carbocycles. The third-order valence-electron chi connectivity index (χ3n) is 2.84. The second-order valence-corrected chi connectivity index (χ2v) is 3.94. The number of hydrogen-bond acceptors (Lipinski definition) is 3. The predicted octanol–water partition coefficient (Wildman–Crippen LogP) is 3.36. The molecule has 0 saturated carbocycles. The summed E-state index contributed by atoms with van der Waals surface area (Å²) in [6, 6.07) is 15.0. The van der Waals surface area contributed by atoms with Crippen molar-refractivity contribution >= 4 is 17.7 Å². The molecule has 1 N–H and O–H groups in total. The van der Waals surface area contributed by atoms with Crippen molar-refractivity contribution in [1.82, 2.24) is 0 Å². The number of phenolic OH excluding ortho intramolecular Hbond substituents is 1. The van der Waals surface area contributed by atoms with Crippen LogP contribution in [0.3, 0.4) is 0 Å². The van der Waals surface area contributed by atoms with Gasteiger partial charge in [-0.05, 0) is 31.2 Å². The van der Waals surface area contributed by atoms with Gasteiger partial charge in [0, 0.05) is 24.0 Å². The summed E-state index contributed by atoms with van der Waals surface area (Å²) in [4.78, 5) is 12.7. The lowest BCUT2D eigenvalue weighted by atomic mass is 10.1. The molecule has 0 aliphatic heterocycles. The van der Waals surface area contributed by atoms with Crippen LogP contribution in [0.1, 0.15) is 17.3 Å². The highest BCUT2D eigenvalue weighted by atomic mass is 16.3. The highest BCUT2D eigenvalue weighted by Crippen LogP contribution is 2.29. The van der Waals surface area contributed by atoms with E-state index in [2.05, 4.69) is 4.90 Å². The first-order valence-electron chi connectivity index (χ1n) is 5.87. The Hall–Kier alpha value is -2.29. The van der Waals surface area contributed by atoms with Gasteiger partial charge in [-0.2, -0.15) is 0 Å². The predicted molar refractivity (Wildman–Crippen MR) is 72.6 cm³/mol. The number of para-hydroxylation sites is 1. The van der Waals surface area contributed by atoms with E-state index in [1.54, 1.807) is 12.1 Å². The summed E-state index contributed by atoms with van der Waals surface area (Å²) in [5.41, 5.74) is 2.23. The first-order valence-corrected chi connectivity index (χ1v) is 5.87. The molecule has 0 saturated heterocycles. The van der Waals surface area contributed by atoms with E-state index >= 15 is 0 Å². The van der Waals surface area contributed by atoms with Gasteiger partial charge in [0.05, 0.1) is 5.56 Å². The minimum atomic E-state index is 0.0110. The van der Waals surface area contributed by atoms with Gasteiger partial charge in [-0.25, -0.2) is 0 Å². The molecule has 3 heteroatoms. The molecule has 0 heterocycles. The van der Waals surface area contributed by atoms with Gasteiger partial charge < -0.3 is 10.0 Å². The van der Waals surface area contributed by atoms with Crippen LogP contribution in [0.5, 0.6) is 5.75 Å². The molecule has 0 atom stereocenters. The summed E-state index contributed by atoms with van der Waals surface area (Å²) in [7, 11) is 0. The van der Waals surface area contributed by atoms with Crippen LogP contribution in [0, 0.1) is 0 Å². The van der Waals surface area contributed by atoms with E-state index in [4.69, 9.17) is 0 Å². The Morgan fingerprint density at radius 3 is 2.39 bits per heavy atom. The van der Waals surface area contributed by atoms with Crippen LogP contribution in [0.25, 0.3) is 0 Å². The lowest BCUT2D eigenvalue weighted by molar-refractivity contribution is 0.112. The minimum absolute atomic E-state index is 0.0110. The minimum Gasteiger partial charge on any atom is -0.507 e. The lowest BCUT2D eigenvalue weighted by Gasteiger charge is -2.23. The SMILES string of the molecule is CCN(c1ccccc1)c1ccc(C=O)c(O)c1. The fourth-order valence-corrected chi connectivity index (χ4v) is 1.92. The average molecular weight is 241 g/mol. The summed E-state index contributed by atoms with van der Waals surface area (Å²) >= 11 is 0. The molecule has 0 spiro atoms. The lowest BCUT2D eigenvalue weighted by Crippen LogP contribution is -2.15. The Morgan fingerprint density at radius 2 is 1.83 bits per heavy atom. The largest absolute Gasteiger partial charge is 0.507 e. The molecule has 2 aromatic carbocycles. The van der Waals surface area contributed by atoms with Crippen LogP contribution in [0.15, 0.2) is 48.5 Å². The number of nitrogens with zero attached hydrogens (tertiary/aromatic N) is 1. The Labute approximate surface area is 106 Å². The number of phenols is 1. The number of carbonyl (C=O) groups excluding carboxylic acids is 1. The maximum Gasteiger partial charge on any atom is 0.153 e. The molecule has 92 valence electrons. The van der Waals surface area contributed by atoms with Crippen LogP contribution in [-0.2, 0) is 0 Å². The van der Waals surface area contributed by atoms with E-state index < -0.39 is 0 Å². The zero-order valence-corrected chi connectivity index (χ0v) is 10.2. The Balaban J connectivity index is 2.40. The molecule has 0 bridgehead atoms. The van der Waals surface area contributed by atoms with Crippen molar-refractivity contribution in [2.45, 2.75) is 6.92 Å². The van der Waals surface area contributed by atoms with Crippen molar-refractivity contribution in [3.05, 3.63) is 54.1 Å². The Kier molecular flexibility index (Phi) is 3.63. The number of hydrogen-bond donors (Lipinski definition) is 1. The number of aldehydes is 1. The molecule has 18 heavy (non-hydrogen) atoms. The normalized spacial score (nSPS) is 10.1. The van der Waals surface area contributed by atoms with Crippen molar-refractivity contribution < 1.29 is 9.90 Å². The Bertz CT molecular complexity index is 537. The second-order valence-electron chi connectivity index (χ2n) is 3.94.